The molecule has 0 aliphatic heterocycles. The largest absolute Gasteiger partial charge is 0.380 e. The summed E-state index contributed by atoms with van der Waals surface area (Å²) in [5.41, 5.74) is 0.0529. The summed E-state index contributed by atoms with van der Waals surface area (Å²) in [6, 6.07) is 3.84. The van der Waals surface area contributed by atoms with Crippen molar-refractivity contribution in [1.82, 2.24) is 4.72 Å². The summed E-state index contributed by atoms with van der Waals surface area (Å²) >= 11 is 0. The number of nitro benzene ring substituents is 1. The fourth-order valence-electron chi connectivity index (χ4n) is 1.69. The fourth-order valence-corrected chi connectivity index (χ4v) is 2.74. The van der Waals surface area contributed by atoms with Crippen molar-refractivity contribution in [2.45, 2.75) is 11.8 Å². The molecule has 0 spiro atoms. The molecule has 9 heteroatoms. The first-order valence-electron chi connectivity index (χ1n) is 6.59. The molecule has 0 aromatic heterocycles. The van der Waals surface area contributed by atoms with Crippen molar-refractivity contribution in [1.29, 1.82) is 0 Å². The molecule has 0 saturated heterocycles. The summed E-state index contributed by atoms with van der Waals surface area (Å²) in [6.45, 7) is 3.21. The maximum absolute atomic E-state index is 12.1. The van der Waals surface area contributed by atoms with Crippen LogP contribution in [0.2, 0.25) is 0 Å². The van der Waals surface area contributed by atoms with Crippen LogP contribution in [-0.4, -0.2) is 47.1 Å². The Hall–Kier alpha value is -1.71. The third-order valence-electron chi connectivity index (χ3n) is 2.76. The molecule has 0 aliphatic carbocycles. The lowest BCUT2D eigenvalue weighted by Gasteiger charge is -2.10. The summed E-state index contributed by atoms with van der Waals surface area (Å²) in [7, 11) is 0.0750. The van der Waals surface area contributed by atoms with Gasteiger partial charge in [0.1, 0.15) is 5.69 Å². The van der Waals surface area contributed by atoms with Crippen molar-refractivity contribution in [3.05, 3.63) is 28.3 Å². The van der Waals surface area contributed by atoms with Crippen LogP contribution in [0.15, 0.2) is 23.1 Å². The van der Waals surface area contributed by atoms with Crippen molar-refractivity contribution in [2.75, 3.05) is 39.0 Å². The molecule has 118 valence electrons. The van der Waals surface area contributed by atoms with E-state index >= 15 is 0 Å². The average molecular weight is 317 g/mol. The van der Waals surface area contributed by atoms with E-state index in [4.69, 9.17) is 0 Å². The number of benzene rings is 1. The van der Waals surface area contributed by atoms with Crippen molar-refractivity contribution in [3.8, 4) is 0 Å². The molecule has 0 amide bonds. The molecule has 8 nitrogen and oxygen atoms in total. The van der Waals surface area contributed by atoms with Gasteiger partial charge in [0.15, 0.2) is 0 Å². The number of nitrogens with one attached hydrogen (secondary N) is 3. The third-order valence-corrected chi connectivity index (χ3v) is 4.22. The molecular weight excluding hydrogens is 296 g/mol. The Kier molecular flexibility index (Phi) is 6.06. The van der Waals surface area contributed by atoms with Gasteiger partial charge in [-0.3, -0.25) is 10.1 Å². The molecule has 0 heterocycles. The van der Waals surface area contributed by atoms with Gasteiger partial charge >= 0.3 is 0 Å². The standard InChI is InChI=1S/C12H20N4O4S/c1-4-13-11-6-5-10(9-12(11)16(17)18)21(19,20)14-7-8-15(2)3/h5-6,9,13-14H,4,7-8H2,1-3H3/p+1. The second-order valence-corrected chi connectivity index (χ2v) is 6.59. The van der Waals surface area contributed by atoms with Gasteiger partial charge in [-0.15, -0.1) is 0 Å². The summed E-state index contributed by atoms with van der Waals surface area (Å²) in [6.07, 6.45) is 0. The van der Waals surface area contributed by atoms with Gasteiger partial charge in [-0.05, 0) is 19.1 Å². The zero-order valence-corrected chi connectivity index (χ0v) is 13.2. The van der Waals surface area contributed by atoms with Crippen molar-refractivity contribution in [3.63, 3.8) is 0 Å². The molecule has 0 saturated carbocycles. The van der Waals surface area contributed by atoms with E-state index in [0.29, 0.717) is 18.8 Å². The van der Waals surface area contributed by atoms with E-state index in [-0.39, 0.29) is 17.1 Å². The zero-order chi connectivity index (χ0) is 16.0. The molecule has 1 rings (SSSR count). The van der Waals surface area contributed by atoms with Gasteiger partial charge in [0.05, 0.1) is 37.0 Å². The maximum atomic E-state index is 12.1. The van der Waals surface area contributed by atoms with E-state index in [0.717, 1.165) is 11.0 Å². The van der Waals surface area contributed by atoms with E-state index in [1.165, 1.54) is 12.1 Å². The first-order chi connectivity index (χ1) is 9.77. The smallest absolute Gasteiger partial charge is 0.293 e. The minimum absolute atomic E-state index is 0.107. The molecule has 1 aromatic rings. The van der Waals surface area contributed by atoms with Gasteiger partial charge in [-0.25, -0.2) is 13.1 Å². The predicted molar refractivity (Wildman–Crippen MR) is 80.1 cm³/mol. The summed E-state index contributed by atoms with van der Waals surface area (Å²) < 4.78 is 26.6. The molecule has 0 unspecified atom stereocenters. The van der Waals surface area contributed by atoms with Crippen LogP contribution in [-0.2, 0) is 10.0 Å². The second-order valence-electron chi connectivity index (χ2n) is 4.82. The number of quaternary nitrogens is 1. The summed E-state index contributed by atoms with van der Waals surface area (Å²) in [5, 5.41) is 13.9. The van der Waals surface area contributed by atoms with Gasteiger partial charge in [0.2, 0.25) is 10.0 Å². The van der Waals surface area contributed by atoms with Gasteiger partial charge in [0, 0.05) is 12.6 Å². The topological polar surface area (TPSA) is 106 Å². The summed E-state index contributed by atoms with van der Waals surface area (Å²) in [4.78, 5) is 11.4. The van der Waals surface area contributed by atoms with Crippen molar-refractivity contribution >= 4 is 21.4 Å². The van der Waals surface area contributed by atoms with Gasteiger partial charge in [0.25, 0.3) is 5.69 Å². The lowest BCUT2D eigenvalue weighted by Crippen LogP contribution is -3.06. The molecule has 1 aromatic carbocycles. The zero-order valence-electron chi connectivity index (χ0n) is 12.3. The maximum Gasteiger partial charge on any atom is 0.293 e. The molecule has 0 fully saturated rings. The number of nitrogens with zero attached hydrogens (tertiary/aromatic N) is 1. The Bertz CT molecular complexity index is 601. The van der Waals surface area contributed by atoms with Crippen LogP contribution >= 0.6 is 0 Å². The summed E-state index contributed by atoms with van der Waals surface area (Å²) in [5.74, 6) is 0. The molecule has 21 heavy (non-hydrogen) atoms. The van der Waals surface area contributed by atoms with Crippen LogP contribution in [0.3, 0.4) is 0 Å². The molecular formula is C12H21N4O4S+. The van der Waals surface area contributed by atoms with Gasteiger partial charge in [-0.1, -0.05) is 0 Å². The van der Waals surface area contributed by atoms with Crippen LogP contribution in [0.1, 0.15) is 6.92 Å². The number of rotatable bonds is 8. The average Bonchev–Trinajstić information content (AvgIpc) is 2.38. The highest BCUT2D eigenvalue weighted by Gasteiger charge is 2.21. The van der Waals surface area contributed by atoms with Crippen LogP contribution in [0.5, 0.6) is 0 Å². The first kappa shape index (κ1) is 17.3. The highest BCUT2D eigenvalue weighted by atomic mass is 32.2. The minimum Gasteiger partial charge on any atom is -0.380 e. The van der Waals surface area contributed by atoms with E-state index in [9.17, 15) is 18.5 Å². The van der Waals surface area contributed by atoms with Crippen LogP contribution in [0.4, 0.5) is 11.4 Å². The SMILES string of the molecule is CCNc1ccc(S(=O)(=O)NCC[NH+](C)C)cc1[N+](=O)[O-]. The van der Waals surface area contributed by atoms with E-state index < -0.39 is 14.9 Å². The molecule has 0 radical (unpaired) electrons. The predicted octanol–water partition coefficient (Wildman–Crippen LogP) is -0.551. The van der Waals surface area contributed by atoms with Gasteiger partial charge < -0.3 is 10.2 Å². The van der Waals surface area contributed by atoms with Crippen LogP contribution in [0.25, 0.3) is 0 Å². The van der Waals surface area contributed by atoms with Crippen LogP contribution < -0.4 is 14.9 Å². The van der Waals surface area contributed by atoms with Crippen molar-refractivity contribution in [2.24, 2.45) is 0 Å². The highest BCUT2D eigenvalue weighted by molar-refractivity contribution is 7.89. The lowest BCUT2D eigenvalue weighted by molar-refractivity contribution is -0.856. The number of anilines is 1. The van der Waals surface area contributed by atoms with E-state index in [2.05, 4.69) is 10.0 Å². The Morgan fingerprint density at radius 2 is 2.00 bits per heavy atom. The van der Waals surface area contributed by atoms with Crippen LogP contribution in [0, 0.1) is 10.1 Å². The quantitative estimate of drug-likeness (QED) is 0.441. The fraction of sp³-hybridized carbons (Fsp3) is 0.500. The van der Waals surface area contributed by atoms with E-state index in [1.807, 2.05) is 14.1 Å². The Labute approximate surface area is 124 Å². The number of hydrogen-bond donors (Lipinski definition) is 3. The third kappa shape index (κ3) is 4.96. The lowest BCUT2D eigenvalue weighted by atomic mass is 10.2. The molecule has 0 bridgehead atoms. The Morgan fingerprint density at radius 1 is 1.33 bits per heavy atom. The van der Waals surface area contributed by atoms with E-state index in [1.54, 1.807) is 6.92 Å². The first-order valence-corrected chi connectivity index (χ1v) is 8.07. The highest BCUT2D eigenvalue weighted by Crippen LogP contribution is 2.27. The number of nitro groups is 1. The molecule has 0 aliphatic rings. The number of hydrogen-bond acceptors (Lipinski definition) is 5. The van der Waals surface area contributed by atoms with Crippen molar-refractivity contribution < 1.29 is 18.2 Å². The molecule has 3 N–H and O–H groups in total. The minimum atomic E-state index is -3.74. The second kappa shape index (κ2) is 7.34. The molecule has 0 atom stereocenters. The van der Waals surface area contributed by atoms with Gasteiger partial charge in [-0.2, -0.15) is 0 Å². The number of sulfonamides is 1. The monoisotopic (exact) mass is 317 g/mol. The normalized spacial score (nSPS) is 11.6. The number of likely N-dealkylation sites (N-methyl/N-ethyl adjacent to an activating group) is 1. The Morgan fingerprint density at radius 3 is 2.52 bits per heavy atom. The Balaban J connectivity index is 3.02.